The maximum atomic E-state index is 11.9. The zero-order chi connectivity index (χ0) is 10.9. The van der Waals surface area contributed by atoms with Crippen LogP contribution in [-0.4, -0.2) is 38.8 Å². The third kappa shape index (κ3) is 2.32. The second kappa shape index (κ2) is 4.10. The Morgan fingerprint density at radius 3 is 2.73 bits per heavy atom. The SMILES string of the molecule is CC1CNCC1C(=O)NCC1(C)COC1. The molecule has 2 atom stereocenters. The van der Waals surface area contributed by atoms with Crippen molar-refractivity contribution in [2.75, 3.05) is 32.8 Å². The van der Waals surface area contributed by atoms with Crippen molar-refractivity contribution in [2.24, 2.45) is 17.3 Å². The van der Waals surface area contributed by atoms with Crippen LogP contribution < -0.4 is 10.6 Å². The molecule has 4 heteroatoms. The molecule has 0 saturated carbocycles. The van der Waals surface area contributed by atoms with Gasteiger partial charge >= 0.3 is 0 Å². The van der Waals surface area contributed by atoms with Crippen molar-refractivity contribution in [1.82, 2.24) is 10.6 Å². The van der Waals surface area contributed by atoms with Crippen LogP contribution in [0.15, 0.2) is 0 Å². The van der Waals surface area contributed by atoms with Gasteiger partial charge in [0.25, 0.3) is 0 Å². The Morgan fingerprint density at radius 2 is 2.27 bits per heavy atom. The van der Waals surface area contributed by atoms with Gasteiger partial charge in [0, 0.05) is 18.5 Å². The Kier molecular flexibility index (Phi) is 2.98. The Labute approximate surface area is 90.8 Å². The molecule has 2 heterocycles. The monoisotopic (exact) mass is 212 g/mol. The summed E-state index contributed by atoms with van der Waals surface area (Å²) in [4.78, 5) is 11.9. The standard InChI is InChI=1S/C11H20N2O2/c1-8-3-12-4-9(8)10(14)13-5-11(2)6-15-7-11/h8-9,12H,3-7H2,1-2H3,(H,13,14). The molecule has 0 aromatic carbocycles. The lowest BCUT2D eigenvalue weighted by Crippen LogP contribution is -2.50. The molecule has 2 saturated heterocycles. The fourth-order valence-electron chi connectivity index (χ4n) is 2.15. The van der Waals surface area contributed by atoms with Gasteiger partial charge in [-0.1, -0.05) is 13.8 Å². The van der Waals surface area contributed by atoms with E-state index in [4.69, 9.17) is 4.74 Å². The number of hydrogen-bond donors (Lipinski definition) is 2. The number of ether oxygens (including phenoxy) is 1. The van der Waals surface area contributed by atoms with Gasteiger partial charge in [0.05, 0.1) is 19.1 Å². The molecule has 4 nitrogen and oxygen atoms in total. The van der Waals surface area contributed by atoms with E-state index in [1.807, 2.05) is 0 Å². The minimum Gasteiger partial charge on any atom is -0.380 e. The average Bonchev–Trinajstić information content (AvgIpc) is 2.58. The maximum absolute atomic E-state index is 11.9. The summed E-state index contributed by atoms with van der Waals surface area (Å²) < 4.78 is 5.15. The second-order valence-corrected chi connectivity index (χ2v) is 5.26. The van der Waals surface area contributed by atoms with E-state index in [9.17, 15) is 4.79 Å². The van der Waals surface area contributed by atoms with Gasteiger partial charge in [0.15, 0.2) is 0 Å². The van der Waals surface area contributed by atoms with Gasteiger partial charge in [-0.2, -0.15) is 0 Å². The first kappa shape index (κ1) is 10.9. The highest BCUT2D eigenvalue weighted by Gasteiger charge is 2.35. The van der Waals surface area contributed by atoms with Crippen LogP contribution in [0.4, 0.5) is 0 Å². The molecular weight excluding hydrogens is 192 g/mol. The second-order valence-electron chi connectivity index (χ2n) is 5.26. The third-order valence-electron chi connectivity index (χ3n) is 3.44. The summed E-state index contributed by atoms with van der Waals surface area (Å²) in [5.41, 5.74) is 0.172. The molecule has 0 spiro atoms. The zero-order valence-corrected chi connectivity index (χ0v) is 9.51. The molecule has 2 N–H and O–H groups in total. The van der Waals surface area contributed by atoms with Crippen LogP contribution in [0.25, 0.3) is 0 Å². The van der Waals surface area contributed by atoms with Crippen molar-refractivity contribution < 1.29 is 9.53 Å². The highest BCUT2D eigenvalue weighted by molar-refractivity contribution is 5.79. The van der Waals surface area contributed by atoms with Crippen molar-refractivity contribution in [1.29, 1.82) is 0 Å². The van der Waals surface area contributed by atoms with Crippen LogP contribution in [0.1, 0.15) is 13.8 Å². The minimum atomic E-state index is 0.148. The first-order valence-electron chi connectivity index (χ1n) is 5.67. The van der Waals surface area contributed by atoms with Crippen LogP contribution in [0.3, 0.4) is 0 Å². The Hall–Kier alpha value is -0.610. The summed E-state index contributed by atoms with van der Waals surface area (Å²) in [6, 6.07) is 0. The van der Waals surface area contributed by atoms with Crippen molar-refractivity contribution in [2.45, 2.75) is 13.8 Å². The molecule has 86 valence electrons. The highest BCUT2D eigenvalue weighted by Crippen LogP contribution is 2.25. The van der Waals surface area contributed by atoms with Crippen LogP contribution >= 0.6 is 0 Å². The van der Waals surface area contributed by atoms with Gasteiger partial charge < -0.3 is 15.4 Å². The molecule has 2 unspecified atom stereocenters. The lowest BCUT2D eigenvalue weighted by atomic mass is 9.88. The number of carbonyl (C=O) groups excluding carboxylic acids is 1. The predicted octanol–water partition coefficient (Wildman–Crippen LogP) is -0.00540. The molecule has 0 radical (unpaired) electrons. The number of hydrogen-bond acceptors (Lipinski definition) is 3. The van der Waals surface area contributed by atoms with Crippen molar-refractivity contribution in [3.63, 3.8) is 0 Å². The van der Waals surface area contributed by atoms with E-state index in [1.165, 1.54) is 0 Å². The fraction of sp³-hybridized carbons (Fsp3) is 0.909. The van der Waals surface area contributed by atoms with Gasteiger partial charge in [0.1, 0.15) is 0 Å². The Balaban J connectivity index is 1.76. The van der Waals surface area contributed by atoms with Crippen molar-refractivity contribution in [3.05, 3.63) is 0 Å². The average molecular weight is 212 g/mol. The molecule has 2 aliphatic rings. The largest absolute Gasteiger partial charge is 0.380 e. The molecule has 1 amide bonds. The van der Waals surface area contributed by atoms with Gasteiger partial charge in [0.2, 0.25) is 5.91 Å². The van der Waals surface area contributed by atoms with Gasteiger partial charge in [-0.25, -0.2) is 0 Å². The molecule has 2 aliphatic heterocycles. The van der Waals surface area contributed by atoms with E-state index in [0.29, 0.717) is 5.92 Å². The van der Waals surface area contributed by atoms with Crippen molar-refractivity contribution >= 4 is 5.91 Å². The summed E-state index contributed by atoms with van der Waals surface area (Å²) in [7, 11) is 0. The fourth-order valence-corrected chi connectivity index (χ4v) is 2.15. The van der Waals surface area contributed by atoms with Crippen LogP contribution in [-0.2, 0) is 9.53 Å². The number of rotatable bonds is 3. The molecular formula is C11H20N2O2. The summed E-state index contributed by atoms with van der Waals surface area (Å²) in [6.07, 6.45) is 0. The molecule has 0 aromatic rings. The summed E-state index contributed by atoms with van der Waals surface area (Å²) >= 11 is 0. The van der Waals surface area contributed by atoms with E-state index in [-0.39, 0.29) is 17.2 Å². The van der Waals surface area contributed by atoms with Crippen LogP contribution in [0, 0.1) is 17.3 Å². The molecule has 0 aliphatic carbocycles. The third-order valence-corrected chi connectivity index (χ3v) is 3.44. The summed E-state index contributed by atoms with van der Waals surface area (Å²) in [5.74, 6) is 0.797. The van der Waals surface area contributed by atoms with Crippen molar-refractivity contribution in [3.8, 4) is 0 Å². The molecule has 0 bridgehead atoms. The Morgan fingerprint density at radius 1 is 1.53 bits per heavy atom. The zero-order valence-electron chi connectivity index (χ0n) is 9.51. The van der Waals surface area contributed by atoms with E-state index in [2.05, 4.69) is 24.5 Å². The molecule has 2 fully saturated rings. The molecule has 0 aromatic heterocycles. The minimum absolute atomic E-state index is 0.148. The smallest absolute Gasteiger partial charge is 0.224 e. The van der Waals surface area contributed by atoms with Crippen LogP contribution in [0.5, 0.6) is 0 Å². The van der Waals surface area contributed by atoms with E-state index in [0.717, 1.165) is 32.8 Å². The molecule has 15 heavy (non-hydrogen) atoms. The lowest BCUT2D eigenvalue weighted by molar-refractivity contribution is -0.130. The van der Waals surface area contributed by atoms with E-state index >= 15 is 0 Å². The van der Waals surface area contributed by atoms with E-state index in [1.54, 1.807) is 0 Å². The van der Waals surface area contributed by atoms with E-state index < -0.39 is 0 Å². The van der Waals surface area contributed by atoms with Gasteiger partial charge in [-0.3, -0.25) is 4.79 Å². The summed E-state index contributed by atoms with van der Waals surface area (Å²) in [6.45, 7) is 8.33. The topological polar surface area (TPSA) is 50.4 Å². The first-order chi connectivity index (χ1) is 7.11. The predicted molar refractivity (Wildman–Crippen MR) is 57.5 cm³/mol. The molecule has 2 rings (SSSR count). The summed E-state index contributed by atoms with van der Waals surface area (Å²) in [5, 5.41) is 6.28. The Bertz CT molecular complexity index is 251. The van der Waals surface area contributed by atoms with Gasteiger partial charge in [-0.15, -0.1) is 0 Å². The number of nitrogens with one attached hydrogen (secondary N) is 2. The number of amides is 1. The highest BCUT2D eigenvalue weighted by atomic mass is 16.5. The lowest BCUT2D eigenvalue weighted by Gasteiger charge is -2.38. The first-order valence-corrected chi connectivity index (χ1v) is 5.67. The maximum Gasteiger partial charge on any atom is 0.224 e. The number of carbonyl (C=O) groups is 1. The normalized spacial score (nSPS) is 33.5. The van der Waals surface area contributed by atoms with Gasteiger partial charge in [-0.05, 0) is 12.5 Å². The quantitative estimate of drug-likeness (QED) is 0.692. The van der Waals surface area contributed by atoms with Crippen LogP contribution in [0.2, 0.25) is 0 Å².